The van der Waals surface area contributed by atoms with E-state index >= 15 is 0 Å². The molecule has 0 atom stereocenters. The number of pyridine rings is 1. The van der Waals surface area contributed by atoms with Crippen LogP contribution in [0.4, 0.5) is 5.69 Å². The van der Waals surface area contributed by atoms with Gasteiger partial charge >= 0.3 is 0 Å². The van der Waals surface area contributed by atoms with Crippen molar-refractivity contribution >= 4 is 23.2 Å². The van der Waals surface area contributed by atoms with Crippen molar-refractivity contribution in [3.05, 3.63) is 34.9 Å². The number of halogens is 1. The van der Waals surface area contributed by atoms with Crippen molar-refractivity contribution in [2.45, 2.75) is 13.0 Å². The standard InChI is InChI=1S/C12H13ClN6O/c1-7-2-9(11(13)15-3-7)16-12(20)10-6-19(18-17-10)8-4-14-5-8/h2-3,6,8,14H,4-5H2,1H3,(H,16,20). The molecule has 1 fully saturated rings. The van der Waals surface area contributed by atoms with E-state index in [1.54, 1.807) is 23.1 Å². The van der Waals surface area contributed by atoms with E-state index in [0.29, 0.717) is 5.69 Å². The Hall–Kier alpha value is -1.99. The molecule has 1 aliphatic heterocycles. The summed E-state index contributed by atoms with van der Waals surface area (Å²) in [7, 11) is 0. The molecule has 0 spiro atoms. The minimum Gasteiger partial charge on any atom is -0.318 e. The molecule has 0 radical (unpaired) electrons. The average Bonchev–Trinajstić information content (AvgIpc) is 2.81. The number of anilines is 1. The van der Waals surface area contributed by atoms with Gasteiger partial charge in [-0.15, -0.1) is 5.10 Å². The van der Waals surface area contributed by atoms with Crippen LogP contribution in [0.25, 0.3) is 0 Å². The third kappa shape index (κ3) is 2.50. The number of amides is 1. The van der Waals surface area contributed by atoms with Crippen LogP contribution in [-0.4, -0.2) is 39.0 Å². The highest BCUT2D eigenvalue weighted by Crippen LogP contribution is 2.20. The molecular weight excluding hydrogens is 280 g/mol. The quantitative estimate of drug-likeness (QED) is 0.826. The molecule has 1 amide bonds. The number of carbonyl (C=O) groups is 1. The average molecular weight is 293 g/mol. The second-order valence-electron chi connectivity index (χ2n) is 4.70. The fraction of sp³-hybridized carbons (Fsp3) is 0.333. The zero-order valence-corrected chi connectivity index (χ0v) is 11.6. The molecule has 2 aromatic heterocycles. The zero-order valence-electron chi connectivity index (χ0n) is 10.8. The molecular formula is C12H13ClN6O. The van der Waals surface area contributed by atoms with Crippen molar-refractivity contribution in [2.24, 2.45) is 0 Å². The summed E-state index contributed by atoms with van der Waals surface area (Å²) in [6.45, 7) is 3.56. The molecule has 1 saturated heterocycles. The first-order valence-electron chi connectivity index (χ1n) is 6.19. The Bertz CT molecular complexity index is 651. The van der Waals surface area contributed by atoms with Gasteiger partial charge in [0.25, 0.3) is 5.91 Å². The van der Waals surface area contributed by atoms with Gasteiger partial charge in [-0.1, -0.05) is 16.8 Å². The van der Waals surface area contributed by atoms with Gasteiger partial charge in [0.1, 0.15) is 0 Å². The summed E-state index contributed by atoms with van der Waals surface area (Å²) in [5, 5.41) is 13.9. The number of rotatable bonds is 3. The van der Waals surface area contributed by atoms with Gasteiger partial charge in [-0.3, -0.25) is 4.79 Å². The monoisotopic (exact) mass is 292 g/mol. The number of carbonyl (C=O) groups excluding carboxylic acids is 1. The molecule has 1 aliphatic rings. The Morgan fingerprint density at radius 3 is 3.05 bits per heavy atom. The van der Waals surface area contributed by atoms with Gasteiger partial charge in [0.05, 0.1) is 17.9 Å². The van der Waals surface area contributed by atoms with Gasteiger partial charge in [0.2, 0.25) is 0 Å². The topological polar surface area (TPSA) is 84.7 Å². The van der Waals surface area contributed by atoms with E-state index in [0.717, 1.165) is 18.7 Å². The van der Waals surface area contributed by atoms with Crippen LogP contribution in [-0.2, 0) is 0 Å². The zero-order chi connectivity index (χ0) is 14.1. The van der Waals surface area contributed by atoms with E-state index in [4.69, 9.17) is 11.6 Å². The van der Waals surface area contributed by atoms with Gasteiger partial charge in [0, 0.05) is 19.3 Å². The molecule has 0 bridgehead atoms. The van der Waals surface area contributed by atoms with Crippen molar-refractivity contribution in [3.63, 3.8) is 0 Å². The number of hydrogen-bond donors (Lipinski definition) is 2. The molecule has 104 valence electrons. The molecule has 0 aliphatic carbocycles. The predicted molar refractivity (Wildman–Crippen MR) is 73.9 cm³/mol. The van der Waals surface area contributed by atoms with Crippen LogP contribution in [0.15, 0.2) is 18.5 Å². The van der Waals surface area contributed by atoms with Crippen LogP contribution in [0.2, 0.25) is 5.15 Å². The Balaban J connectivity index is 1.75. The summed E-state index contributed by atoms with van der Waals surface area (Å²) in [4.78, 5) is 16.1. The molecule has 2 aromatic rings. The summed E-state index contributed by atoms with van der Waals surface area (Å²) in [6.07, 6.45) is 3.27. The minimum atomic E-state index is -0.349. The van der Waals surface area contributed by atoms with Gasteiger partial charge < -0.3 is 10.6 Å². The molecule has 3 heterocycles. The molecule has 3 rings (SSSR count). The Morgan fingerprint density at radius 2 is 2.35 bits per heavy atom. The highest BCUT2D eigenvalue weighted by molar-refractivity contribution is 6.32. The molecule has 0 saturated carbocycles. The first-order valence-corrected chi connectivity index (χ1v) is 6.57. The highest BCUT2D eigenvalue weighted by Gasteiger charge is 2.22. The third-order valence-electron chi connectivity index (χ3n) is 3.10. The maximum Gasteiger partial charge on any atom is 0.277 e. The molecule has 0 unspecified atom stereocenters. The number of aromatic nitrogens is 4. The lowest BCUT2D eigenvalue weighted by molar-refractivity contribution is 0.102. The highest BCUT2D eigenvalue weighted by atomic mass is 35.5. The Labute approximate surface area is 120 Å². The lowest BCUT2D eigenvalue weighted by Crippen LogP contribution is -2.43. The van der Waals surface area contributed by atoms with E-state index < -0.39 is 0 Å². The largest absolute Gasteiger partial charge is 0.318 e. The van der Waals surface area contributed by atoms with Crippen LogP contribution in [0.1, 0.15) is 22.1 Å². The lowest BCUT2D eigenvalue weighted by atomic mass is 10.2. The van der Waals surface area contributed by atoms with Crippen LogP contribution in [0, 0.1) is 6.92 Å². The maximum absolute atomic E-state index is 12.1. The Kier molecular flexibility index (Phi) is 3.37. The second kappa shape index (κ2) is 5.18. The van der Waals surface area contributed by atoms with Crippen LogP contribution >= 0.6 is 11.6 Å². The number of hydrogen-bond acceptors (Lipinski definition) is 5. The second-order valence-corrected chi connectivity index (χ2v) is 5.06. The molecule has 7 nitrogen and oxygen atoms in total. The fourth-order valence-electron chi connectivity index (χ4n) is 1.85. The smallest absolute Gasteiger partial charge is 0.277 e. The van der Waals surface area contributed by atoms with Crippen molar-refractivity contribution in [1.82, 2.24) is 25.3 Å². The summed E-state index contributed by atoms with van der Waals surface area (Å²) in [6, 6.07) is 2.03. The first-order chi connectivity index (χ1) is 9.63. The normalized spacial score (nSPS) is 14.9. The first kappa shape index (κ1) is 13.0. The van der Waals surface area contributed by atoms with Crippen molar-refractivity contribution in [2.75, 3.05) is 18.4 Å². The SMILES string of the molecule is Cc1cnc(Cl)c(NC(=O)c2cn(C3CNC3)nn2)c1. The van der Waals surface area contributed by atoms with E-state index in [2.05, 4.69) is 25.9 Å². The number of nitrogens with zero attached hydrogens (tertiary/aromatic N) is 4. The van der Waals surface area contributed by atoms with Crippen molar-refractivity contribution in [1.29, 1.82) is 0 Å². The molecule has 8 heteroatoms. The van der Waals surface area contributed by atoms with Crippen LogP contribution < -0.4 is 10.6 Å². The lowest BCUT2D eigenvalue weighted by Gasteiger charge is -2.26. The minimum absolute atomic E-state index is 0.250. The van der Waals surface area contributed by atoms with Gasteiger partial charge in [-0.25, -0.2) is 9.67 Å². The van der Waals surface area contributed by atoms with E-state index in [-0.39, 0.29) is 22.8 Å². The summed E-state index contributed by atoms with van der Waals surface area (Å²) in [5.74, 6) is -0.349. The summed E-state index contributed by atoms with van der Waals surface area (Å²) >= 11 is 5.94. The molecule has 0 aromatic carbocycles. The Morgan fingerprint density at radius 1 is 1.55 bits per heavy atom. The van der Waals surface area contributed by atoms with Crippen LogP contribution in [0.3, 0.4) is 0 Å². The number of aryl methyl sites for hydroxylation is 1. The van der Waals surface area contributed by atoms with E-state index in [1.807, 2.05) is 6.92 Å². The van der Waals surface area contributed by atoms with E-state index in [9.17, 15) is 4.79 Å². The maximum atomic E-state index is 12.1. The third-order valence-corrected chi connectivity index (χ3v) is 3.40. The molecule has 20 heavy (non-hydrogen) atoms. The molecule has 2 N–H and O–H groups in total. The number of nitrogens with one attached hydrogen (secondary N) is 2. The fourth-order valence-corrected chi connectivity index (χ4v) is 2.00. The van der Waals surface area contributed by atoms with Crippen LogP contribution in [0.5, 0.6) is 0 Å². The van der Waals surface area contributed by atoms with Gasteiger partial charge in [-0.05, 0) is 18.6 Å². The van der Waals surface area contributed by atoms with Crippen molar-refractivity contribution in [3.8, 4) is 0 Å². The summed E-state index contributed by atoms with van der Waals surface area (Å²) < 4.78 is 1.70. The summed E-state index contributed by atoms with van der Waals surface area (Å²) in [5.41, 5.74) is 1.64. The van der Waals surface area contributed by atoms with Gasteiger partial charge in [-0.2, -0.15) is 0 Å². The predicted octanol–water partition coefficient (Wildman–Crippen LogP) is 1.03. The van der Waals surface area contributed by atoms with Crippen molar-refractivity contribution < 1.29 is 4.79 Å². The van der Waals surface area contributed by atoms with E-state index in [1.165, 1.54) is 0 Å². The van der Waals surface area contributed by atoms with Gasteiger partial charge in [0.15, 0.2) is 10.8 Å².